The van der Waals surface area contributed by atoms with Gasteiger partial charge in [0.2, 0.25) is 5.76 Å². The zero-order chi connectivity index (χ0) is 7.78. The number of hydrogen-bond acceptors (Lipinski definition) is 2. The van der Waals surface area contributed by atoms with Crippen LogP contribution in [0, 0.1) is 0 Å². The largest absolute Gasteiger partial charge is 0.452 e. The van der Waals surface area contributed by atoms with Gasteiger partial charge in [-0.1, -0.05) is 5.16 Å². The molecular weight excluding hydrogens is 215 g/mol. The first-order valence-corrected chi connectivity index (χ1v) is 2.99. The molecule has 0 radical (unpaired) electrons. The molecule has 0 bridgehead atoms. The van der Waals surface area contributed by atoms with Gasteiger partial charge in [-0.2, -0.15) is 13.2 Å². The van der Waals surface area contributed by atoms with Crippen LogP contribution >= 0.6 is 15.9 Å². The number of aromatic nitrogens is 1. The maximum absolute atomic E-state index is 11.6. The summed E-state index contributed by atoms with van der Waals surface area (Å²) in [6, 6.07) is 0.764. The Kier molecular flexibility index (Phi) is 1.72. The van der Waals surface area contributed by atoms with Gasteiger partial charge in [0.15, 0.2) is 0 Å². The molecule has 0 saturated heterocycles. The van der Waals surface area contributed by atoms with Gasteiger partial charge in [-0.05, 0) is 15.9 Å². The van der Waals surface area contributed by atoms with E-state index < -0.39 is 11.9 Å². The molecule has 0 N–H and O–H groups in total. The Morgan fingerprint density at radius 3 is 2.30 bits per heavy atom. The predicted octanol–water partition coefficient (Wildman–Crippen LogP) is 2.46. The van der Waals surface area contributed by atoms with Crippen molar-refractivity contribution in [1.82, 2.24) is 5.16 Å². The molecule has 0 spiro atoms. The third-order valence-electron chi connectivity index (χ3n) is 0.761. The summed E-state index contributed by atoms with van der Waals surface area (Å²) in [5, 5.41) is 3.00. The molecule has 1 rings (SSSR count). The zero-order valence-electron chi connectivity index (χ0n) is 4.44. The van der Waals surface area contributed by atoms with E-state index in [1.807, 2.05) is 0 Å². The van der Waals surface area contributed by atoms with Crippen molar-refractivity contribution in [3.63, 3.8) is 0 Å². The highest BCUT2D eigenvalue weighted by atomic mass is 79.9. The molecule has 10 heavy (non-hydrogen) atoms. The molecule has 2 nitrogen and oxygen atoms in total. The lowest BCUT2D eigenvalue weighted by Crippen LogP contribution is -2.01. The van der Waals surface area contributed by atoms with Crippen molar-refractivity contribution in [2.24, 2.45) is 0 Å². The van der Waals surface area contributed by atoms with Gasteiger partial charge in [-0.25, -0.2) is 0 Å². The van der Waals surface area contributed by atoms with Gasteiger partial charge in [0.05, 0.1) is 0 Å². The standard InChI is InChI=1S/C4HBrF3NO/c5-3-1-2(10-9-3)4(6,7)8/h1H. The Morgan fingerprint density at radius 1 is 1.50 bits per heavy atom. The Hall–Kier alpha value is -0.520. The van der Waals surface area contributed by atoms with Gasteiger partial charge in [-0.3, -0.25) is 0 Å². The van der Waals surface area contributed by atoms with Crippen LogP contribution in [0.3, 0.4) is 0 Å². The van der Waals surface area contributed by atoms with Gasteiger partial charge in [-0.15, -0.1) is 0 Å². The minimum absolute atomic E-state index is 0.0415. The first kappa shape index (κ1) is 7.59. The highest BCUT2D eigenvalue weighted by Gasteiger charge is 2.35. The summed E-state index contributed by atoms with van der Waals surface area (Å²) < 4.78 is 38.9. The van der Waals surface area contributed by atoms with Crippen LogP contribution in [0.5, 0.6) is 0 Å². The van der Waals surface area contributed by atoms with Crippen molar-refractivity contribution < 1.29 is 17.7 Å². The summed E-state index contributed by atoms with van der Waals surface area (Å²) >= 11 is 2.72. The van der Waals surface area contributed by atoms with Crippen molar-refractivity contribution in [3.8, 4) is 0 Å². The summed E-state index contributed by atoms with van der Waals surface area (Å²) in [5.74, 6) is -1.10. The molecule has 1 heterocycles. The van der Waals surface area contributed by atoms with Crippen LogP contribution in [0.1, 0.15) is 5.76 Å². The van der Waals surface area contributed by atoms with E-state index in [1.165, 1.54) is 0 Å². The predicted molar refractivity (Wildman–Crippen MR) is 29.2 cm³/mol. The molecule has 0 amide bonds. The van der Waals surface area contributed by atoms with E-state index in [0.717, 1.165) is 6.07 Å². The lowest BCUT2D eigenvalue weighted by molar-refractivity contribution is -0.155. The maximum Gasteiger partial charge on any atom is 0.452 e. The SMILES string of the molecule is FC(F)(F)c1cc(Br)no1. The molecule has 56 valence electrons. The summed E-state index contributed by atoms with van der Waals surface area (Å²) in [5.41, 5.74) is 0. The minimum Gasteiger partial charge on any atom is -0.351 e. The first-order chi connectivity index (χ1) is 4.50. The van der Waals surface area contributed by atoms with E-state index in [4.69, 9.17) is 0 Å². The fourth-order valence-corrected chi connectivity index (χ4v) is 0.668. The van der Waals surface area contributed by atoms with Crippen molar-refractivity contribution in [2.75, 3.05) is 0 Å². The van der Waals surface area contributed by atoms with E-state index in [0.29, 0.717) is 0 Å². The highest BCUT2D eigenvalue weighted by Crippen LogP contribution is 2.30. The van der Waals surface area contributed by atoms with E-state index in [-0.39, 0.29) is 4.60 Å². The quantitative estimate of drug-likeness (QED) is 0.665. The second kappa shape index (κ2) is 2.26. The van der Waals surface area contributed by atoms with Gasteiger partial charge >= 0.3 is 6.18 Å². The van der Waals surface area contributed by atoms with Crippen molar-refractivity contribution in [2.45, 2.75) is 6.18 Å². The van der Waals surface area contributed by atoms with Crippen molar-refractivity contribution >= 4 is 15.9 Å². The molecule has 1 aromatic rings. The van der Waals surface area contributed by atoms with Crippen LogP contribution in [0.4, 0.5) is 13.2 Å². The van der Waals surface area contributed by atoms with Crippen LogP contribution in [0.15, 0.2) is 15.2 Å². The minimum atomic E-state index is -4.45. The number of nitrogens with zero attached hydrogens (tertiary/aromatic N) is 1. The monoisotopic (exact) mass is 215 g/mol. The Bertz CT molecular complexity index is 231. The average molecular weight is 216 g/mol. The van der Waals surface area contributed by atoms with Crippen molar-refractivity contribution in [3.05, 3.63) is 16.4 Å². The normalized spacial score (nSPS) is 12.0. The van der Waals surface area contributed by atoms with Gasteiger partial charge < -0.3 is 4.52 Å². The summed E-state index contributed by atoms with van der Waals surface area (Å²) in [6.07, 6.45) is -4.45. The first-order valence-electron chi connectivity index (χ1n) is 2.19. The van der Waals surface area contributed by atoms with Crippen LogP contribution in [0.25, 0.3) is 0 Å². The number of rotatable bonds is 0. The third kappa shape index (κ3) is 1.50. The molecule has 0 saturated carbocycles. The fraction of sp³-hybridized carbons (Fsp3) is 0.250. The van der Waals surface area contributed by atoms with Crippen LogP contribution in [-0.2, 0) is 6.18 Å². The molecule has 6 heteroatoms. The van der Waals surface area contributed by atoms with E-state index in [2.05, 4.69) is 25.6 Å². The Morgan fingerprint density at radius 2 is 2.10 bits per heavy atom. The number of alkyl halides is 3. The van der Waals surface area contributed by atoms with Crippen LogP contribution in [0.2, 0.25) is 0 Å². The average Bonchev–Trinajstić information content (AvgIpc) is 2.11. The molecule has 0 unspecified atom stereocenters. The lowest BCUT2D eigenvalue weighted by atomic mass is 10.5. The molecule has 0 aliphatic heterocycles. The molecular formula is C4HBrF3NO. The van der Waals surface area contributed by atoms with Gasteiger partial charge in [0, 0.05) is 6.07 Å². The van der Waals surface area contributed by atoms with E-state index in [9.17, 15) is 13.2 Å². The maximum atomic E-state index is 11.6. The topological polar surface area (TPSA) is 26.0 Å². The zero-order valence-corrected chi connectivity index (χ0v) is 6.03. The summed E-state index contributed by atoms with van der Waals surface area (Å²) in [4.78, 5) is 0. The number of halogens is 4. The molecule has 0 atom stereocenters. The van der Waals surface area contributed by atoms with Gasteiger partial charge in [0.1, 0.15) is 4.60 Å². The van der Waals surface area contributed by atoms with Crippen LogP contribution < -0.4 is 0 Å². The Balaban J connectivity index is 2.96. The smallest absolute Gasteiger partial charge is 0.351 e. The molecule has 0 fully saturated rings. The Labute approximate surface area is 62.1 Å². The molecule has 0 aliphatic carbocycles. The molecule has 1 aromatic heterocycles. The number of hydrogen-bond donors (Lipinski definition) is 0. The second-order valence-electron chi connectivity index (χ2n) is 1.51. The van der Waals surface area contributed by atoms with Gasteiger partial charge in [0.25, 0.3) is 0 Å². The molecule has 0 aliphatic rings. The molecule has 0 aromatic carbocycles. The summed E-state index contributed by atoms with van der Waals surface area (Å²) in [7, 11) is 0. The lowest BCUT2D eigenvalue weighted by Gasteiger charge is -1.96. The summed E-state index contributed by atoms with van der Waals surface area (Å²) in [6.45, 7) is 0. The van der Waals surface area contributed by atoms with E-state index >= 15 is 0 Å². The second-order valence-corrected chi connectivity index (χ2v) is 2.32. The van der Waals surface area contributed by atoms with E-state index in [1.54, 1.807) is 0 Å². The fourth-order valence-electron chi connectivity index (χ4n) is 0.387. The third-order valence-corrected chi connectivity index (χ3v) is 1.13. The van der Waals surface area contributed by atoms with Crippen LogP contribution in [-0.4, -0.2) is 5.16 Å². The highest BCUT2D eigenvalue weighted by molar-refractivity contribution is 9.10. The van der Waals surface area contributed by atoms with Crippen molar-refractivity contribution in [1.29, 1.82) is 0 Å².